The fourth-order valence-corrected chi connectivity index (χ4v) is 2.13. The van der Waals surface area contributed by atoms with Crippen molar-refractivity contribution in [3.63, 3.8) is 0 Å². The van der Waals surface area contributed by atoms with E-state index < -0.39 is 35.3 Å². The Kier molecular flexibility index (Phi) is 6.67. The topological polar surface area (TPSA) is 108 Å². The first-order chi connectivity index (χ1) is 12.8. The van der Waals surface area contributed by atoms with E-state index in [9.17, 15) is 24.1 Å². The summed E-state index contributed by atoms with van der Waals surface area (Å²) < 4.78 is 23.1. The van der Waals surface area contributed by atoms with E-state index in [4.69, 9.17) is 21.1 Å². The number of hydrogen-bond donors (Lipinski definition) is 1. The lowest BCUT2D eigenvalue weighted by atomic mass is 10.3. The molecule has 0 fully saturated rings. The second-order valence-electron chi connectivity index (χ2n) is 5.29. The van der Waals surface area contributed by atoms with Gasteiger partial charge >= 0.3 is 5.97 Å². The number of hydrogen-bond acceptors (Lipinski definition) is 6. The highest BCUT2D eigenvalue weighted by molar-refractivity contribution is 6.33. The fraction of sp³-hybridized carbons (Fsp3) is 0.176. The van der Waals surface area contributed by atoms with E-state index in [-0.39, 0.29) is 22.1 Å². The summed E-state index contributed by atoms with van der Waals surface area (Å²) in [6.07, 6.45) is -1.15. The molecule has 0 aliphatic carbocycles. The molecule has 0 aliphatic rings. The second kappa shape index (κ2) is 8.95. The minimum absolute atomic E-state index is 0.00313. The largest absolute Gasteiger partial charge is 0.482 e. The van der Waals surface area contributed by atoms with Gasteiger partial charge in [-0.2, -0.15) is 0 Å². The summed E-state index contributed by atoms with van der Waals surface area (Å²) in [4.78, 5) is 33.8. The van der Waals surface area contributed by atoms with Crippen molar-refractivity contribution in [1.82, 2.24) is 0 Å². The average molecular weight is 397 g/mol. The van der Waals surface area contributed by atoms with Gasteiger partial charge in [0, 0.05) is 12.1 Å². The van der Waals surface area contributed by atoms with Gasteiger partial charge in [0.1, 0.15) is 11.6 Å². The first-order valence-electron chi connectivity index (χ1n) is 7.59. The monoisotopic (exact) mass is 396 g/mol. The number of nitrogens with one attached hydrogen (secondary N) is 1. The highest BCUT2D eigenvalue weighted by Gasteiger charge is 2.19. The van der Waals surface area contributed by atoms with Crippen LogP contribution in [0.15, 0.2) is 42.5 Å². The van der Waals surface area contributed by atoms with Crippen molar-refractivity contribution in [1.29, 1.82) is 0 Å². The number of ether oxygens (including phenoxy) is 2. The third-order valence-electron chi connectivity index (χ3n) is 3.27. The summed E-state index contributed by atoms with van der Waals surface area (Å²) in [6, 6.07) is 8.55. The summed E-state index contributed by atoms with van der Waals surface area (Å²) in [7, 11) is 0. The van der Waals surface area contributed by atoms with Gasteiger partial charge in [-0.15, -0.1) is 0 Å². The molecule has 27 heavy (non-hydrogen) atoms. The molecule has 0 aliphatic heterocycles. The van der Waals surface area contributed by atoms with E-state index in [0.717, 1.165) is 12.1 Å². The standard InChI is InChI=1S/C17H14ClFN2O6/c1-10(17(23)20-15-7-2-11(19)8-14(15)18)27-16(22)9-26-13-5-3-12(4-6-13)21(24)25/h2-8,10H,9H2,1H3,(H,20,23)/t10-/m1/s1. The molecule has 0 heterocycles. The summed E-state index contributed by atoms with van der Waals surface area (Å²) in [5.41, 5.74) is 0.0581. The summed E-state index contributed by atoms with van der Waals surface area (Å²) in [5.74, 6) is -1.80. The molecule has 142 valence electrons. The van der Waals surface area contributed by atoms with Crippen molar-refractivity contribution in [2.75, 3.05) is 11.9 Å². The number of nitrogens with zero attached hydrogens (tertiary/aromatic N) is 1. The Labute approximate surface area is 158 Å². The van der Waals surface area contributed by atoms with E-state index in [1.165, 1.54) is 37.3 Å². The maximum absolute atomic E-state index is 13.0. The van der Waals surface area contributed by atoms with Crippen molar-refractivity contribution in [3.8, 4) is 5.75 Å². The molecule has 8 nitrogen and oxygen atoms in total. The Morgan fingerprint density at radius 2 is 1.93 bits per heavy atom. The van der Waals surface area contributed by atoms with Crippen LogP contribution in [0, 0.1) is 15.9 Å². The zero-order chi connectivity index (χ0) is 20.0. The number of non-ortho nitro benzene ring substituents is 1. The van der Waals surface area contributed by atoms with E-state index >= 15 is 0 Å². The number of amides is 1. The van der Waals surface area contributed by atoms with Crippen LogP contribution >= 0.6 is 11.6 Å². The predicted octanol–water partition coefficient (Wildman–Crippen LogP) is 3.34. The lowest BCUT2D eigenvalue weighted by Crippen LogP contribution is -2.31. The Balaban J connectivity index is 1.83. The van der Waals surface area contributed by atoms with Crippen LogP contribution in [0.4, 0.5) is 15.8 Å². The lowest BCUT2D eigenvalue weighted by Gasteiger charge is -2.14. The van der Waals surface area contributed by atoms with Crippen molar-refractivity contribution in [3.05, 3.63) is 63.4 Å². The number of benzene rings is 2. The summed E-state index contributed by atoms with van der Waals surface area (Å²) in [5, 5.41) is 13.0. The number of nitro benzene ring substituents is 1. The van der Waals surface area contributed by atoms with Crippen LogP contribution in [0.1, 0.15) is 6.92 Å². The number of carbonyl (C=O) groups excluding carboxylic acids is 2. The van der Waals surface area contributed by atoms with Crippen LogP contribution in [-0.4, -0.2) is 29.5 Å². The molecular formula is C17H14ClFN2O6. The van der Waals surface area contributed by atoms with Gasteiger partial charge in [-0.25, -0.2) is 9.18 Å². The molecule has 0 saturated heterocycles. The van der Waals surface area contributed by atoms with Crippen LogP contribution in [-0.2, 0) is 14.3 Å². The van der Waals surface area contributed by atoms with Crippen LogP contribution in [0.3, 0.4) is 0 Å². The van der Waals surface area contributed by atoms with Crippen LogP contribution < -0.4 is 10.1 Å². The highest BCUT2D eigenvalue weighted by Crippen LogP contribution is 2.22. The third kappa shape index (κ3) is 5.93. The first kappa shape index (κ1) is 20.1. The number of carbonyl (C=O) groups is 2. The average Bonchev–Trinajstić information content (AvgIpc) is 2.62. The first-order valence-corrected chi connectivity index (χ1v) is 7.96. The maximum atomic E-state index is 13.0. The maximum Gasteiger partial charge on any atom is 0.344 e. The molecule has 0 aromatic heterocycles. The van der Waals surface area contributed by atoms with Crippen LogP contribution in [0.2, 0.25) is 5.02 Å². The Hall–Kier alpha value is -3.20. The summed E-state index contributed by atoms with van der Waals surface area (Å²) >= 11 is 5.81. The van der Waals surface area contributed by atoms with E-state index in [1.54, 1.807) is 0 Å². The van der Waals surface area contributed by atoms with Crippen molar-refractivity contribution in [2.24, 2.45) is 0 Å². The molecule has 0 spiro atoms. The molecule has 1 atom stereocenters. The highest BCUT2D eigenvalue weighted by atomic mass is 35.5. The molecular weight excluding hydrogens is 383 g/mol. The quantitative estimate of drug-likeness (QED) is 0.437. The molecule has 10 heteroatoms. The molecule has 2 rings (SSSR count). The Morgan fingerprint density at radius 3 is 2.52 bits per heavy atom. The van der Waals surface area contributed by atoms with Gasteiger partial charge in [0.15, 0.2) is 12.7 Å². The van der Waals surface area contributed by atoms with Gasteiger partial charge in [-0.1, -0.05) is 11.6 Å². The van der Waals surface area contributed by atoms with Crippen LogP contribution in [0.25, 0.3) is 0 Å². The number of anilines is 1. The van der Waals surface area contributed by atoms with Crippen molar-refractivity contribution >= 4 is 34.9 Å². The van der Waals surface area contributed by atoms with Gasteiger partial charge in [-0.05, 0) is 37.3 Å². The van der Waals surface area contributed by atoms with Crippen LogP contribution in [0.5, 0.6) is 5.75 Å². The normalized spacial score (nSPS) is 11.4. The molecule has 0 saturated carbocycles. The SMILES string of the molecule is C[C@@H](OC(=O)COc1ccc([N+](=O)[O-])cc1)C(=O)Nc1ccc(F)cc1Cl. The van der Waals surface area contributed by atoms with Gasteiger partial charge in [0.05, 0.1) is 15.6 Å². The van der Waals surface area contributed by atoms with Gasteiger partial charge in [0.2, 0.25) is 0 Å². The number of nitro groups is 1. The van der Waals surface area contributed by atoms with Crippen molar-refractivity contribution in [2.45, 2.75) is 13.0 Å². The second-order valence-corrected chi connectivity index (χ2v) is 5.69. The fourth-order valence-electron chi connectivity index (χ4n) is 1.92. The molecule has 1 amide bonds. The van der Waals surface area contributed by atoms with E-state index in [0.29, 0.717) is 0 Å². The minimum atomic E-state index is -1.15. The zero-order valence-electron chi connectivity index (χ0n) is 14.0. The molecule has 0 unspecified atom stereocenters. The number of esters is 1. The lowest BCUT2D eigenvalue weighted by molar-refractivity contribution is -0.384. The minimum Gasteiger partial charge on any atom is -0.482 e. The molecule has 0 bridgehead atoms. The molecule has 1 N–H and O–H groups in total. The summed E-state index contributed by atoms with van der Waals surface area (Å²) in [6.45, 7) is 0.850. The van der Waals surface area contributed by atoms with Gasteiger partial charge in [0.25, 0.3) is 11.6 Å². The van der Waals surface area contributed by atoms with Gasteiger partial charge < -0.3 is 14.8 Å². The van der Waals surface area contributed by atoms with E-state index in [1.807, 2.05) is 0 Å². The molecule has 0 radical (unpaired) electrons. The Morgan fingerprint density at radius 1 is 1.26 bits per heavy atom. The smallest absolute Gasteiger partial charge is 0.344 e. The van der Waals surface area contributed by atoms with Gasteiger partial charge in [-0.3, -0.25) is 14.9 Å². The van der Waals surface area contributed by atoms with Crippen molar-refractivity contribution < 1.29 is 28.4 Å². The van der Waals surface area contributed by atoms with E-state index in [2.05, 4.69) is 5.32 Å². The molecule has 2 aromatic carbocycles. The molecule has 2 aromatic rings. The zero-order valence-corrected chi connectivity index (χ0v) is 14.7. The predicted molar refractivity (Wildman–Crippen MR) is 94.2 cm³/mol. The number of rotatable bonds is 7. The number of halogens is 2. The third-order valence-corrected chi connectivity index (χ3v) is 3.58. The Bertz CT molecular complexity index is 859.